The molecule has 1 N–H and O–H groups in total. The van der Waals surface area contributed by atoms with Gasteiger partial charge in [0.2, 0.25) is 0 Å². The first-order chi connectivity index (χ1) is 10.7. The Hall–Kier alpha value is -2.21. The minimum absolute atomic E-state index is 0.0212. The third-order valence-corrected chi connectivity index (χ3v) is 4.20. The number of rotatable bonds is 4. The molecule has 0 amide bonds. The van der Waals surface area contributed by atoms with Crippen molar-refractivity contribution in [2.24, 2.45) is 0 Å². The summed E-state index contributed by atoms with van der Waals surface area (Å²) in [6.45, 7) is 0.638. The molecule has 1 aliphatic rings. The highest BCUT2D eigenvalue weighted by Gasteiger charge is 2.33. The van der Waals surface area contributed by atoms with Gasteiger partial charge in [-0.05, 0) is 18.2 Å². The van der Waals surface area contributed by atoms with Crippen LogP contribution in [-0.2, 0) is 11.3 Å². The van der Waals surface area contributed by atoms with Gasteiger partial charge in [-0.15, -0.1) is 11.6 Å². The number of hydrogen-bond donors (Lipinski definition) is 1. The zero-order valence-corrected chi connectivity index (χ0v) is 13.2. The maximum atomic E-state index is 11.8. The van der Waals surface area contributed by atoms with Gasteiger partial charge in [-0.1, -0.05) is 0 Å². The van der Waals surface area contributed by atoms with Crippen molar-refractivity contribution in [3.8, 4) is 0 Å². The molecule has 6 nitrogen and oxygen atoms in total. The molecule has 1 aromatic carbocycles. The second kappa shape index (κ2) is 5.88. The average molecular weight is 321 g/mol. The summed E-state index contributed by atoms with van der Waals surface area (Å²) < 4.78 is 4.80. The van der Waals surface area contributed by atoms with Gasteiger partial charge in [0.1, 0.15) is 6.17 Å². The molecule has 2 aromatic rings. The van der Waals surface area contributed by atoms with Gasteiger partial charge in [0.05, 0.1) is 48.5 Å². The zero-order chi connectivity index (χ0) is 15.7. The monoisotopic (exact) mass is 320 g/mol. The predicted molar refractivity (Wildman–Crippen MR) is 85.5 cm³/mol. The number of esters is 1. The number of fused-ring (bicyclic) bond motifs is 1. The fourth-order valence-corrected chi connectivity index (χ4v) is 3.13. The number of alkyl halides is 1. The van der Waals surface area contributed by atoms with Gasteiger partial charge in [0.25, 0.3) is 0 Å². The van der Waals surface area contributed by atoms with E-state index in [0.29, 0.717) is 18.0 Å². The van der Waals surface area contributed by atoms with Crippen molar-refractivity contribution >= 4 is 28.9 Å². The molecule has 0 spiro atoms. The van der Waals surface area contributed by atoms with Crippen molar-refractivity contribution in [3.05, 3.63) is 42.0 Å². The summed E-state index contributed by atoms with van der Waals surface area (Å²) in [5, 5.41) is 0. The van der Waals surface area contributed by atoms with E-state index < -0.39 is 0 Å². The minimum Gasteiger partial charge on any atom is -0.465 e. The van der Waals surface area contributed by atoms with Crippen LogP contribution >= 0.6 is 11.6 Å². The van der Waals surface area contributed by atoms with E-state index in [1.165, 1.54) is 7.11 Å². The van der Waals surface area contributed by atoms with Crippen molar-refractivity contribution in [1.29, 1.82) is 0 Å². The van der Waals surface area contributed by atoms with Crippen molar-refractivity contribution < 1.29 is 9.53 Å². The third kappa shape index (κ3) is 2.39. The topological polar surface area (TPSA) is 61.5 Å². The van der Waals surface area contributed by atoms with Crippen molar-refractivity contribution in [3.63, 3.8) is 0 Å². The van der Waals surface area contributed by atoms with Gasteiger partial charge >= 0.3 is 5.97 Å². The molecule has 0 fully saturated rings. The normalized spacial score (nSPS) is 16.8. The minimum atomic E-state index is -0.346. The third-order valence-electron chi connectivity index (χ3n) is 3.93. The predicted octanol–water partition coefficient (Wildman–Crippen LogP) is 2.22. The van der Waals surface area contributed by atoms with Crippen LogP contribution in [0.4, 0.5) is 11.4 Å². The summed E-state index contributed by atoms with van der Waals surface area (Å²) >= 11 is 6.16. The van der Waals surface area contributed by atoms with E-state index in [1.807, 2.05) is 19.2 Å². The molecule has 0 radical (unpaired) electrons. The molecule has 1 atom stereocenters. The number of imidazole rings is 1. The Bertz CT molecular complexity index is 674. The Morgan fingerprint density at radius 2 is 2.27 bits per heavy atom. The second-order valence-electron chi connectivity index (χ2n) is 5.15. The van der Waals surface area contributed by atoms with E-state index in [9.17, 15) is 4.79 Å². The van der Waals surface area contributed by atoms with Crippen LogP contribution in [0.2, 0.25) is 0 Å². The Labute approximate surface area is 133 Å². The van der Waals surface area contributed by atoms with Crippen LogP contribution in [0.5, 0.6) is 0 Å². The smallest absolute Gasteiger partial charge is 0.337 e. The van der Waals surface area contributed by atoms with Crippen LogP contribution in [0, 0.1) is 0 Å². The van der Waals surface area contributed by atoms with Crippen LogP contribution in [0.3, 0.4) is 0 Å². The maximum Gasteiger partial charge on any atom is 0.337 e. The Morgan fingerprint density at radius 3 is 2.91 bits per heavy atom. The highest BCUT2D eigenvalue weighted by atomic mass is 35.5. The van der Waals surface area contributed by atoms with E-state index in [4.69, 9.17) is 16.3 Å². The van der Waals surface area contributed by atoms with Gasteiger partial charge in [0, 0.05) is 13.2 Å². The number of nitrogens with zero attached hydrogens (tertiary/aromatic N) is 3. The molecule has 0 bridgehead atoms. The van der Waals surface area contributed by atoms with Gasteiger partial charge in [-0.2, -0.15) is 0 Å². The fourth-order valence-electron chi connectivity index (χ4n) is 2.76. The first-order valence-electron chi connectivity index (χ1n) is 6.90. The lowest BCUT2D eigenvalue weighted by Crippen LogP contribution is -2.42. The van der Waals surface area contributed by atoms with E-state index in [0.717, 1.165) is 17.1 Å². The highest BCUT2D eigenvalue weighted by Crippen LogP contribution is 2.40. The standard InChI is InChI=1S/C15H17ClN4O2/c1-19-12-4-3-10(15(21)22-2)5-13(12)20(14(19)6-16)8-11-7-17-9-18-11/h3-5,7,9,14H,6,8H2,1-2H3,(H,17,18). The summed E-state index contributed by atoms with van der Waals surface area (Å²) in [5.74, 6) is 0.105. The van der Waals surface area contributed by atoms with Crippen molar-refractivity contribution in [1.82, 2.24) is 9.97 Å². The van der Waals surface area contributed by atoms with Gasteiger partial charge in [0.15, 0.2) is 0 Å². The number of carbonyl (C=O) groups is 1. The maximum absolute atomic E-state index is 11.8. The summed E-state index contributed by atoms with van der Waals surface area (Å²) in [7, 11) is 3.38. The summed E-state index contributed by atoms with van der Waals surface area (Å²) in [6, 6.07) is 5.54. The first kappa shape index (κ1) is 14.7. The summed E-state index contributed by atoms with van der Waals surface area (Å²) in [5.41, 5.74) is 3.52. The van der Waals surface area contributed by atoms with Crippen LogP contribution in [0.1, 0.15) is 16.1 Å². The van der Waals surface area contributed by atoms with Crippen molar-refractivity contribution in [2.75, 3.05) is 29.8 Å². The Kier molecular flexibility index (Phi) is 3.94. The lowest BCUT2D eigenvalue weighted by atomic mass is 10.1. The number of H-pyrrole nitrogens is 1. The van der Waals surface area contributed by atoms with Crippen molar-refractivity contribution in [2.45, 2.75) is 12.7 Å². The molecule has 0 saturated carbocycles. The van der Waals surface area contributed by atoms with Crippen LogP contribution in [-0.4, -0.2) is 42.1 Å². The molecule has 1 unspecified atom stereocenters. The molecule has 7 heteroatoms. The summed E-state index contributed by atoms with van der Waals surface area (Å²) in [6.07, 6.45) is 3.46. The number of nitrogens with one attached hydrogen (secondary N) is 1. The molecule has 0 aliphatic carbocycles. The number of hydrogen-bond acceptors (Lipinski definition) is 5. The average Bonchev–Trinajstić information content (AvgIpc) is 3.14. The SMILES string of the molecule is COC(=O)c1ccc2c(c1)N(Cc1cnc[nH]1)C(CCl)N2C. The summed E-state index contributed by atoms with van der Waals surface area (Å²) in [4.78, 5) is 23.2. The molecule has 3 rings (SSSR count). The van der Waals surface area contributed by atoms with Gasteiger partial charge < -0.3 is 19.5 Å². The quantitative estimate of drug-likeness (QED) is 0.691. The molecule has 1 aromatic heterocycles. The van der Waals surface area contributed by atoms with Crippen LogP contribution in [0.15, 0.2) is 30.7 Å². The molecule has 22 heavy (non-hydrogen) atoms. The lowest BCUT2D eigenvalue weighted by Gasteiger charge is -2.28. The highest BCUT2D eigenvalue weighted by molar-refractivity contribution is 6.18. The number of aromatic nitrogens is 2. The van der Waals surface area contributed by atoms with E-state index >= 15 is 0 Å². The first-order valence-corrected chi connectivity index (χ1v) is 7.44. The number of methoxy groups -OCH3 is 1. The molecule has 2 heterocycles. The second-order valence-corrected chi connectivity index (χ2v) is 5.45. The van der Waals surface area contributed by atoms with E-state index in [-0.39, 0.29) is 12.1 Å². The van der Waals surface area contributed by atoms with Crippen LogP contribution < -0.4 is 9.80 Å². The fraction of sp³-hybridized carbons (Fsp3) is 0.333. The largest absolute Gasteiger partial charge is 0.465 e. The molecule has 116 valence electrons. The van der Waals surface area contributed by atoms with Gasteiger partial charge in [-0.3, -0.25) is 0 Å². The molecular formula is C15H17ClN4O2. The molecule has 0 saturated heterocycles. The van der Waals surface area contributed by atoms with Crippen LogP contribution in [0.25, 0.3) is 0 Å². The number of aromatic amines is 1. The van der Waals surface area contributed by atoms with E-state index in [2.05, 4.69) is 19.8 Å². The molecule has 1 aliphatic heterocycles. The number of anilines is 2. The number of benzene rings is 1. The Balaban J connectivity index is 2.00. The van der Waals surface area contributed by atoms with Gasteiger partial charge in [-0.25, -0.2) is 9.78 Å². The number of ether oxygens (including phenoxy) is 1. The zero-order valence-electron chi connectivity index (χ0n) is 12.4. The number of carbonyl (C=O) groups excluding carboxylic acids is 1. The molecular weight excluding hydrogens is 304 g/mol. The van der Waals surface area contributed by atoms with E-state index in [1.54, 1.807) is 18.6 Å². The Morgan fingerprint density at radius 1 is 1.45 bits per heavy atom. The number of halogens is 1. The lowest BCUT2D eigenvalue weighted by molar-refractivity contribution is 0.0601.